The molecule has 0 atom stereocenters. The van der Waals surface area contributed by atoms with Crippen LogP contribution < -0.4 is 15.5 Å². The van der Waals surface area contributed by atoms with Gasteiger partial charge in [-0.05, 0) is 52.2 Å². The number of hydrazone groups is 1. The second-order valence-electron chi connectivity index (χ2n) is 6.17. The van der Waals surface area contributed by atoms with Gasteiger partial charge >= 0.3 is 0 Å². The van der Waals surface area contributed by atoms with Crippen LogP contribution in [0.25, 0.3) is 0 Å². The molecule has 0 unspecified atom stereocenters. The fourth-order valence-corrected chi connectivity index (χ4v) is 2.86. The number of nitro groups is 1. The Morgan fingerprint density at radius 3 is 2.63 bits per heavy atom. The molecule has 0 bridgehead atoms. The molecule has 0 spiro atoms. The van der Waals surface area contributed by atoms with Gasteiger partial charge in [-0.1, -0.05) is 6.07 Å². The van der Waals surface area contributed by atoms with E-state index in [4.69, 9.17) is 4.74 Å². The molecule has 0 saturated carbocycles. The zero-order valence-corrected chi connectivity index (χ0v) is 17.7. The fourth-order valence-electron chi connectivity index (χ4n) is 2.40. The lowest BCUT2D eigenvalue weighted by Gasteiger charge is -2.07. The summed E-state index contributed by atoms with van der Waals surface area (Å²) in [5, 5.41) is 27.1. The number of hydrogen-bond donors (Lipinski definition) is 3. The summed E-state index contributed by atoms with van der Waals surface area (Å²) in [6, 6.07) is 7.54. The van der Waals surface area contributed by atoms with Crippen molar-refractivity contribution in [3.05, 3.63) is 56.0 Å². The zero-order chi connectivity index (χ0) is 22.3. The van der Waals surface area contributed by atoms with Crippen LogP contribution in [0.3, 0.4) is 0 Å². The third kappa shape index (κ3) is 6.27. The van der Waals surface area contributed by atoms with Crippen molar-refractivity contribution in [3.8, 4) is 11.5 Å². The largest absolute Gasteiger partial charge is 0.503 e. The molecule has 10 nitrogen and oxygen atoms in total. The van der Waals surface area contributed by atoms with E-state index >= 15 is 0 Å². The predicted octanol–water partition coefficient (Wildman–Crippen LogP) is 3.25. The van der Waals surface area contributed by atoms with E-state index in [0.717, 1.165) is 0 Å². The van der Waals surface area contributed by atoms with Crippen molar-refractivity contribution >= 4 is 45.3 Å². The van der Waals surface area contributed by atoms with Gasteiger partial charge in [-0.15, -0.1) is 0 Å². The van der Waals surface area contributed by atoms with E-state index < -0.39 is 16.7 Å². The van der Waals surface area contributed by atoms with E-state index in [9.17, 15) is 24.8 Å². The Balaban J connectivity index is 1.88. The van der Waals surface area contributed by atoms with Crippen LogP contribution in [-0.4, -0.2) is 35.2 Å². The van der Waals surface area contributed by atoms with Crippen molar-refractivity contribution in [2.75, 3.05) is 12.4 Å². The van der Waals surface area contributed by atoms with E-state index in [1.165, 1.54) is 31.5 Å². The average Bonchev–Trinajstić information content (AvgIpc) is 2.70. The Labute approximate surface area is 180 Å². The fraction of sp³-hybridized carbons (Fsp3) is 0.211. The van der Waals surface area contributed by atoms with Gasteiger partial charge in [-0.3, -0.25) is 19.7 Å². The highest BCUT2D eigenvalue weighted by Gasteiger charge is 2.16. The van der Waals surface area contributed by atoms with Crippen LogP contribution in [0.15, 0.2) is 39.9 Å². The van der Waals surface area contributed by atoms with Crippen molar-refractivity contribution < 1.29 is 24.4 Å². The summed E-state index contributed by atoms with van der Waals surface area (Å²) >= 11 is 3.18. The predicted molar refractivity (Wildman–Crippen MR) is 114 cm³/mol. The first-order valence-electron chi connectivity index (χ1n) is 8.64. The summed E-state index contributed by atoms with van der Waals surface area (Å²) in [5.74, 6) is -0.865. The number of methoxy groups -OCH3 is 1. The number of ether oxygens (including phenoxy) is 1. The molecule has 0 radical (unpaired) electrons. The number of aromatic hydroxyl groups is 1. The molecule has 2 aromatic carbocycles. The lowest BCUT2D eigenvalue weighted by molar-refractivity contribution is -0.384. The lowest BCUT2D eigenvalue weighted by atomic mass is 10.2. The third-order valence-corrected chi connectivity index (χ3v) is 4.48. The number of benzene rings is 2. The molecule has 158 valence electrons. The first-order valence-corrected chi connectivity index (χ1v) is 9.44. The molecule has 0 fully saturated rings. The van der Waals surface area contributed by atoms with Crippen LogP contribution in [0.1, 0.15) is 24.0 Å². The topological polar surface area (TPSA) is 143 Å². The van der Waals surface area contributed by atoms with E-state index in [1.54, 1.807) is 19.1 Å². The molecule has 11 heteroatoms. The van der Waals surface area contributed by atoms with Gasteiger partial charge in [0.1, 0.15) is 5.69 Å². The summed E-state index contributed by atoms with van der Waals surface area (Å²) in [4.78, 5) is 34.4. The molecule has 2 rings (SSSR count). The Kier molecular flexibility index (Phi) is 7.87. The summed E-state index contributed by atoms with van der Waals surface area (Å²) in [5.41, 5.74) is 3.38. The number of aryl methyl sites for hydroxylation is 1. The molecule has 0 aliphatic rings. The number of nitrogens with one attached hydrogen (secondary N) is 2. The molecular formula is C19H19BrN4O6. The number of nitro benzene ring substituents is 1. The average molecular weight is 479 g/mol. The van der Waals surface area contributed by atoms with E-state index in [0.29, 0.717) is 15.6 Å². The van der Waals surface area contributed by atoms with Crippen molar-refractivity contribution in [2.45, 2.75) is 19.8 Å². The van der Waals surface area contributed by atoms with Gasteiger partial charge in [0, 0.05) is 18.9 Å². The number of nitrogens with zero attached hydrogens (tertiary/aromatic N) is 2. The minimum Gasteiger partial charge on any atom is -0.503 e. The minimum absolute atomic E-state index is 0.0569. The Morgan fingerprint density at radius 2 is 1.97 bits per heavy atom. The maximum Gasteiger partial charge on any atom is 0.293 e. The van der Waals surface area contributed by atoms with Gasteiger partial charge in [0.25, 0.3) is 5.69 Å². The van der Waals surface area contributed by atoms with Crippen LogP contribution in [-0.2, 0) is 9.59 Å². The third-order valence-electron chi connectivity index (χ3n) is 3.88. The van der Waals surface area contributed by atoms with Crippen LogP contribution in [0.2, 0.25) is 0 Å². The summed E-state index contributed by atoms with van der Waals surface area (Å²) in [6.07, 6.45) is 1.01. The number of halogens is 1. The van der Waals surface area contributed by atoms with Crippen molar-refractivity contribution in [1.82, 2.24) is 5.43 Å². The van der Waals surface area contributed by atoms with Crippen molar-refractivity contribution in [1.29, 1.82) is 0 Å². The van der Waals surface area contributed by atoms with Crippen LogP contribution in [0.5, 0.6) is 11.5 Å². The van der Waals surface area contributed by atoms with Crippen molar-refractivity contribution in [3.63, 3.8) is 0 Å². The SMILES string of the molecule is COc1cc(/C=N\NC(=O)CCC(=O)Nc2ccc(C)cc2[N+](=O)[O-])cc(Br)c1O. The maximum atomic E-state index is 12.0. The lowest BCUT2D eigenvalue weighted by Crippen LogP contribution is -2.21. The van der Waals surface area contributed by atoms with Crippen molar-refractivity contribution in [2.24, 2.45) is 5.10 Å². The number of carbonyl (C=O) groups is 2. The number of anilines is 1. The van der Waals surface area contributed by atoms with Gasteiger partial charge in [-0.25, -0.2) is 5.43 Å². The molecule has 0 saturated heterocycles. The molecule has 0 heterocycles. The highest BCUT2D eigenvalue weighted by atomic mass is 79.9. The van der Waals surface area contributed by atoms with Gasteiger partial charge < -0.3 is 15.2 Å². The monoisotopic (exact) mass is 478 g/mol. The van der Waals surface area contributed by atoms with Gasteiger partial charge in [0.05, 0.1) is 22.7 Å². The Hall–Kier alpha value is -3.47. The Morgan fingerprint density at radius 1 is 1.27 bits per heavy atom. The highest BCUT2D eigenvalue weighted by Crippen LogP contribution is 2.34. The van der Waals surface area contributed by atoms with Crippen LogP contribution in [0, 0.1) is 17.0 Å². The number of hydrogen-bond acceptors (Lipinski definition) is 7. The standard InChI is InChI=1S/C19H19BrN4O6/c1-11-3-4-14(15(7-11)24(28)29)22-17(25)5-6-18(26)23-21-10-12-8-13(20)19(27)16(9-12)30-2/h3-4,7-10,27H,5-6H2,1-2H3,(H,22,25)(H,23,26)/b21-10-. The van der Waals surface area contributed by atoms with Gasteiger partial charge in [0.15, 0.2) is 11.5 Å². The zero-order valence-electron chi connectivity index (χ0n) is 16.1. The maximum absolute atomic E-state index is 12.0. The molecule has 2 amide bonds. The highest BCUT2D eigenvalue weighted by molar-refractivity contribution is 9.10. The Bertz CT molecular complexity index is 1010. The molecule has 3 N–H and O–H groups in total. The normalized spacial score (nSPS) is 10.6. The number of carbonyl (C=O) groups excluding carboxylic acids is 2. The number of phenolic OH excluding ortho intramolecular Hbond substituents is 1. The summed E-state index contributed by atoms with van der Waals surface area (Å²) in [7, 11) is 1.40. The first kappa shape index (κ1) is 22.8. The van der Waals surface area contributed by atoms with E-state index in [-0.39, 0.29) is 35.7 Å². The van der Waals surface area contributed by atoms with Crippen LogP contribution >= 0.6 is 15.9 Å². The van der Waals surface area contributed by atoms with Gasteiger partial charge in [0.2, 0.25) is 11.8 Å². The first-order chi connectivity index (χ1) is 14.2. The second-order valence-corrected chi connectivity index (χ2v) is 7.03. The van der Waals surface area contributed by atoms with E-state index in [2.05, 4.69) is 31.8 Å². The molecule has 0 aromatic heterocycles. The smallest absolute Gasteiger partial charge is 0.293 e. The van der Waals surface area contributed by atoms with Gasteiger partial charge in [-0.2, -0.15) is 5.10 Å². The summed E-state index contributed by atoms with van der Waals surface area (Å²) < 4.78 is 5.42. The van der Waals surface area contributed by atoms with E-state index in [1.807, 2.05) is 0 Å². The molecule has 2 aromatic rings. The molecule has 0 aliphatic heterocycles. The molecule has 30 heavy (non-hydrogen) atoms. The summed E-state index contributed by atoms with van der Waals surface area (Å²) in [6.45, 7) is 1.70. The number of phenols is 1. The van der Waals surface area contributed by atoms with Crippen LogP contribution in [0.4, 0.5) is 11.4 Å². The molecule has 0 aliphatic carbocycles. The second kappa shape index (κ2) is 10.3. The quantitative estimate of drug-likeness (QED) is 0.301. The number of rotatable bonds is 8. The number of amides is 2. The molecular weight excluding hydrogens is 460 g/mol. The minimum atomic E-state index is -0.583.